The third-order valence-corrected chi connectivity index (χ3v) is 3.61. The highest BCUT2D eigenvalue weighted by Crippen LogP contribution is 2.16. The lowest BCUT2D eigenvalue weighted by atomic mass is 10.1. The van der Waals surface area contributed by atoms with Crippen LogP contribution in [0.5, 0.6) is 0 Å². The number of rotatable bonds is 3. The first kappa shape index (κ1) is 15.2. The lowest BCUT2D eigenvalue weighted by Gasteiger charge is -2.21. The molecule has 104 valence electrons. The van der Waals surface area contributed by atoms with Gasteiger partial charge in [-0.2, -0.15) is 0 Å². The van der Waals surface area contributed by atoms with Crippen molar-refractivity contribution in [1.82, 2.24) is 15.5 Å². The van der Waals surface area contributed by atoms with E-state index in [1.165, 1.54) is 0 Å². The highest BCUT2D eigenvalue weighted by molar-refractivity contribution is 5.90. The molecule has 2 saturated heterocycles. The van der Waals surface area contributed by atoms with Gasteiger partial charge in [0.25, 0.3) is 0 Å². The molecule has 0 bridgehead atoms. The third-order valence-electron chi connectivity index (χ3n) is 3.61. The summed E-state index contributed by atoms with van der Waals surface area (Å²) in [5.41, 5.74) is 0. The summed E-state index contributed by atoms with van der Waals surface area (Å²) in [5.74, 6) is 0.133. The van der Waals surface area contributed by atoms with E-state index in [1.54, 1.807) is 0 Å². The van der Waals surface area contributed by atoms with Crippen molar-refractivity contribution in [2.45, 2.75) is 38.8 Å². The van der Waals surface area contributed by atoms with Gasteiger partial charge in [0.05, 0.1) is 5.92 Å². The van der Waals surface area contributed by atoms with Gasteiger partial charge in [0.15, 0.2) is 0 Å². The van der Waals surface area contributed by atoms with Crippen molar-refractivity contribution in [3.8, 4) is 0 Å². The molecule has 0 radical (unpaired) electrons. The molecular weight excluding hydrogens is 254 g/mol. The average molecular weight is 276 g/mol. The summed E-state index contributed by atoms with van der Waals surface area (Å²) in [6.45, 7) is 6.39. The quantitative estimate of drug-likeness (QED) is 0.770. The summed E-state index contributed by atoms with van der Waals surface area (Å²) in [4.78, 5) is 25.7. The van der Waals surface area contributed by atoms with Gasteiger partial charge in [-0.15, -0.1) is 12.4 Å². The van der Waals surface area contributed by atoms with Crippen LogP contribution in [-0.2, 0) is 9.59 Å². The number of hydrogen-bond donors (Lipinski definition) is 2. The van der Waals surface area contributed by atoms with Gasteiger partial charge in [0.1, 0.15) is 6.04 Å². The van der Waals surface area contributed by atoms with Crippen molar-refractivity contribution < 1.29 is 9.59 Å². The van der Waals surface area contributed by atoms with Gasteiger partial charge >= 0.3 is 0 Å². The number of halogens is 1. The van der Waals surface area contributed by atoms with E-state index in [0.717, 1.165) is 32.5 Å². The fraction of sp³-hybridized carbons (Fsp3) is 0.833. The second-order valence-electron chi connectivity index (χ2n) is 5.16. The zero-order valence-electron chi connectivity index (χ0n) is 10.9. The maximum Gasteiger partial charge on any atom is 0.245 e. The van der Waals surface area contributed by atoms with Crippen LogP contribution in [0.3, 0.4) is 0 Å². The summed E-state index contributed by atoms with van der Waals surface area (Å²) in [6, 6.07) is -0.0805. The first-order valence-corrected chi connectivity index (χ1v) is 6.41. The molecule has 2 aliphatic rings. The second kappa shape index (κ2) is 6.38. The molecule has 2 N–H and O–H groups in total. The van der Waals surface area contributed by atoms with Crippen molar-refractivity contribution in [3.05, 3.63) is 0 Å². The Hall–Kier alpha value is -0.810. The Morgan fingerprint density at radius 2 is 2.17 bits per heavy atom. The van der Waals surface area contributed by atoms with Crippen LogP contribution in [0.25, 0.3) is 0 Å². The van der Waals surface area contributed by atoms with Crippen LogP contribution in [-0.4, -0.2) is 48.4 Å². The largest absolute Gasteiger partial charge is 0.344 e. The van der Waals surface area contributed by atoms with Crippen LogP contribution in [0, 0.1) is 5.92 Å². The van der Waals surface area contributed by atoms with E-state index in [1.807, 2.05) is 18.7 Å². The van der Waals surface area contributed by atoms with Gasteiger partial charge in [0.2, 0.25) is 11.8 Å². The number of amides is 2. The average Bonchev–Trinajstić information content (AvgIpc) is 2.89. The van der Waals surface area contributed by atoms with Crippen molar-refractivity contribution in [1.29, 1.82) is 0 Å². The molecule has 0 aromatic heterocycles. The van der Waals surface area contributed by atoms with E-state index in [2.05, 4.69) is 10.6 Å². The number of nitrogens with zero attached hydrogens (tertiary/aromatic N) is 1. The Morgan fingerprint density at radius 3 is 2.67 bits per heavy atom. The zero-order valence-corrected chi connectivity index (χ0v) is 11.8. The predicted octanol–water partition coefficient (Wildman–Crippen LogP) is 0.143. The Labute approximate surface area is 114 Å². The molecule has 6 heteroatoms. The number of nitrogens with one attached hydrogen (secondary N) is 2. The van der Waals surface area contributed by atoms with Crippen LogP contribution in [0.4, 0.5) is 0 Å². The maximum atomic E-state index is 12.0. The molecule has 2 heterocycles. The van der Waals surface area contributed by atoms with Gasteiger partial charge in [0, 0.05) is 19.1 Å². The second-order valence-corrected chi connectivity index (χ2v) is 5.16. The summed E-state index contributed by atoms with van der Waals surface area (Å²) in [5, 5.41) is 6.05. The normalized spacial score (nSPS) is 27.5. The molecule has 0 saturated carbocycles. The number of carbonyl (C=O) groups is 2. The van der Waals surface area contributed by atoms with Crippen molar-refractivity contribution in [2.75, 3.05) is 19.6 Å². The van der Waals surface area contributed by atoms with Crippen LogP contribution >= 0.6 is 12.4 Å². The van der Waals surface area contributed by atoms with Gasteiger partial charge in [-0.3, -0.25) is 9.59 Å². The maximum absolute atomic E-state index is 12.0. The molecule has 2 amide bonds. The van der Waals surface area contributed by atoms with Gasteiger partial charge in [-0.1, -0.05) is 0 Å². The highest BCUT2D eigenvalue weighted by atomic mass is 35.5. The smallest absolute Gasteiger partial charge is 0.245 e. The van der Waals surface area contributed by atoms with Gasteiger partial charge in [-0.25, -0.2) is 0 Å². The summed E-state index contributed by atoms with van der Waals surface area (Å²) in [7, 11) is 0. The van der Waals surface area contributed by atoms with E-state index >= 15 is 0 Å². The Morgan fingerprint density at radius 1 is 1.44 bits per heavy atom. The molecule has 0 spiro atoms. The van der Waals surface area contributed by atoms with Gasteiger partial charge in [-0.05, 0) is 33.2 Å². The summed E-state index contributed by atoms with van der Waals surface area (Å²) in [6.07, 6.45) is 1.61. The monoisotopic (exact) mass is 275 g/mol. The number of hydrogen-bond acceptors (Lipinski definition) is 3. The van der Waals surface area contributed by atoms with Crippen molar-refractivity contribution >= 4 is 24.2 Å². The van der Waals surface area contributed by atoms with Crippen LogP contribution in [0.2, 0.25) is 0 Å². The van der Waals surface area contributed by atoms with Crippen LogP contribution in [0.15, 0.2) is 0 Å². The van der Waals surface area contributed by atoms with E-state index in [-0.39, 0.29) is 42.2 Å². The first-order valence-electron chi connectivity index (χ1n) is 6.41. The SMILES string of the molecule is CC(C)N1CCC(NC(=O)C2CCNC2)C1=O.Cl. The minimum atomic E-state index is -0.300. The molecule has 0 aliphatic carbocycles. The lowest BCUT2D eigenvalue weighted by molar-refractivity contribution is -0.134. The van der Waals surface area contributed by atoms with Crippen molar-refractivity contribution in [3.63, 3.8) is 0 Å². The molecule has 2 unspecified atom stereocenters. The fourth-order valence-corrected chi connectivity index (χ4v) is 2.52. The topological polar surface area (TPSA) is 61.4 Å². The number of likely N-dealkylation sites (tertiary alicyclic amines) is 1. The zero-order chi connectivity index (χ0) is 12.4. The molecular formula is C12H22ClN3O2. The van der Waals surface area contributed by atoms with E-state index in [9.17, 15) is 9.59 Å². The predicted molar refractivity (Wildman–Crippen MR) is 71.6 cm³/mol. The third kappa shape index (κ3) is 3.14. The number of carbonyl (C=O) groups excluding carboxylic acids is 2. The van der Waals surface area contributed by atoms with E-state index < -0.39 is 0 Å². The molecule has 2 fully saturated rings. The van der Waals surface area contributed by atoms with E-state index in [4.69, 9.17) is 0 Å². The lowest BCUT2D eigenvalue weighted by Crippen LogP contribution is -2.45. The van der Waals surface area contributed by atoms with E-state index in [0.29, 0.717) is 0 Å². The minimum absolute atomic E-state index is 0. The standard InChI is InChI=1S/C12H21N3O2.ClH/c1-8(2)15-6-4-10(12(15)17)14-11(16)9-3-5-13-7-9;/h8-10,13H,3-7H2,1-2H3,(H,14,16);1H. The Kier molecular flexibility index (Phi) is 5.41. The fourth-order valence-electron chi connectivity index (χ4n) is 2.52. The minimum Gasteiger partial charge on any atom is -0.344 e. The Bertz CT molecular complexity index is 316. The molecule has 2 rings (SSSR count). The van der Waals surface area contributed by atoms with Crippen molar-refractivity contribution in [2.24, 2.45) is 5.92 Å². The summed E-state index contributed by atoms with van der Waals surface area (Å²) >= 11 is 0. The molecule has 18 heavy (non-hydrogen) atoms. The molecule has 2 atom stereocenters. The molecule has 0 aromatic carbocycles. The van der Waals surface area contributed by atoms with Crippen LogP contribution in [0.1, 0.15) is 26.7 Å². The van der Waals surface area contributed by atoms with Crippen LogP contribution < -0.4 is 10.6 Å². The Balaban J connectivity index is 0.00000162. The molecule has 0 aromatic rings. The first-order chi connectivity index (χ1) is 8.09. The molecule has 5 nitrogen and oxygen atoms in total. The van der Waals surface area contributed by atoms with Gasteiger partial charge < -0.3 is 15.5 Å². The summed E-state index contributed by atoms with van der Waals surface area (Å²) < 4.78 is 0. The molecule has 2 aliphatic heterocycles. The highest BCUT2D eigenvalue weighted by Gasteiger charge is 2.35.